The fourth-order valence-corrected chi connectivity index (χ4v) is 3.88. The molecule has 1 aromatic carbocycles. The molecule has 1 aromatic heterocycles. The Bertz CT molecular complexity index is 603. The summed E-state index contributed by atoms with van der Waals surface area (Å²) in [5, 5.41) is 0.571. The van der Waals surface area contributed by atoms with Crippen LogP contribution in [0.2, 0.25) is 5.02 Å². The maximum atomic E-state index is 6.62. The first-order valence-electron chi connectivity index (χ1n) is 6.71. The molecule has 0 fully saturated rings. The van der Waals surface area contributed by atoms with Gasteiger partial charge in [0, 0.05) is 17.4 Å². The van der Waals surface area contributed by atoms with Gasteiger partial charge in [0.2, 0.25) is 4.38 Å². The lowest BCUT2D eigenvalue weighted by molar-refractivity contribution is 0.243. The number of halogens is 2. The predicted molar refractivity (Wildman–Crippen MR) is 97.7 cm³/mol. The van der Waals surface area contributed by atoms with Gasteiger partial charge in [0.1, 0.15) is 5.50 Å². The van der Waals surface area contributed by atoms with Crippen molar-refractivity contribution >= 4 is 51.6 Å². The van der Waals surface area contributed by atoms with E-state index in [4.69, 9.17) is 40.2 Å². The molecule has 0 spiro atoms. The van der Waals surface area contributed by atoms with Crippen LogP contribution in [0.25, 0.3) is 0 Å². The van der Waals surface area contributed by atoms with Crippen molar-refractivity contribution in [1.29, 1.82) is 0 Å². The fraction of sp³-hybridized carbons (Fsp3) is 0.333. The third-order valence-corrected chi connectivity index (χ3v) is 5.15. The molecule has 0 amide bonds. The standard InChI is InChI=1S/C15H16Cl2N2OS2/c1-10(2)20-15(21)22-13(11-3-5-12(16)6-4-11)14(17)19-8-7-18-9-19/h3-10,13-14H,1-2H3. The first kappa shape index (κ1) is 17.6. The summed E-state index contributed by atoms with van der Waals surface area (Å²) in [6, 6.07) is 7.58. The lowest BCUT2D eigenvalue weighted by Crippen LogP contribution is -2.14. The molecule has 2 rings (SSSR count). The molecule has 0 saturated carbocycles. The number of hydrogen-bond donors (Lipinski definition) is 0. The molecule has 22 heavy (non-hydrogen) atoms. The second kappa shape index (κ2) is 8.20. The highest BCUT2D eigenvalue weighted by atomic mass is 35.5. The number of alkyl halides is 1. The highest BCUT2D eigenvalue weighted by Gasteiger charge is 2.26. The highest BCUT2D eigenvalue weighted by molar-refractivity contribution is 8.22. The highest BCUT2D eigenvalue weighted by Crippen LogP contribution is 2.42. The summed E-state index contributed by atoms with van der Waals surface area (Å²) in [5.74, 6) is 0. The zero-order valence-electron chi connectivity index (χ0n) is 12.1. The van der Waals surface area contributed by atoms with Crippen molar-refractivity contribution in [2.75, 3.05) is 0 Å². The fourth-order valence-electron chi connectivity index (χ4n) is 1.83. The van der Waals surface area contributed by atoms with Gasteiger partial charge in [0.15, 0.2) is 0 Å². The molecule has 2 aromatic rings. The largest absolute Gasteiger partial charge is 0.476 e. The zero-order valence-corrected chi connectivity index (χ0v) is 15.3. The van der Waals surface area contributed by atoms with Gasteiger partial charge in [-0.05, 0) is 43.8 Å². The molecule has 118 valence electrons. The van der Waals surface area contributed by atoms with E-state index in [2.05, 4.69) is 4.98 Å². The SMILES string of the molecule is CC(C)OC(=S)SC(c1ccc(Cl)cc1)C(Cl)n1ccnc1. The van der Waals surface area contributed by atoms with Crippen molar-refractivity contribution in [3.05, 3.63) is 53.6 Å². The summed E-state index contributed by atoms with van der Waals surface area (Å²) < 4.78 is 7.89. The number of thioether (sulfide) groups is 1. The average molecular weight is 375 g/mol. The summed E-state index contributed by atoms with van der Waals surface area (Å²) in [7, 11) is 0. The summed E-state index contributed by atoms with van der Waals surface area (Å²) in [6.07, 6.45) is 5.25. The average Bonchev–Trinajstić information content (AvgIpc) is 2.98. The van der Waals surface area contributed by atoms with Crippen LogP contribution >= 0.6 is 47.2 Å². The second-order valence-corrected chi connectivity index (χ2v) is 7.52. The molecule has 0 aliphatic heterocycles. The number of benzene rings is 1. The van der Waals surface area contributed by atoms with Crippen LogP contribution in [0.15, 0.2) is 43.0 Å². The van der Waals surface area contributed by atoms with Gasteiger partial charge in [-0.3, -0.25) is 0 Å². The summed E-state index contributed by atoms with van der Waals surface area (Å²) >= 11 is 19.3. The smallest absolute Gasteiger partial charge is 0.220 e. The molecule has 2 unspecified atom stereocenters. The maximum Gasteiger partial charge on any atom is 0.220 e. The van der Waals surface area contributed by atoms with E-state index in [0.717, 1.165) is 5.56 Å². The van der Waals surface area contributed by atoms with Crippen LogP contribution in [0.1, 0.15) is 30.2 Å². The molecular formula is C15H16Cl2N2OS2. The van der Waals surface area contributed by atoms with Crippen LogP contribution in [-0.4, -0.2) is 20.0 Å². The Morgan fingerprint density at radius 2 is 2.00 bits per heavy atom. The Labute approximate surface area is 150 Å². The van der Waals surface area contributed by atoms with Crippen LogP contribution in [-0.2, 0) is 4.74 Å². The third kappa shape index (κ3) is 4.88. The lowest BCUT2D eigenvalue weighted by atomic mass is 10.1. The number of thiocarbonyl (C=S) groups is 1. The molecule has 0 bridgehead atoms. The molecule has 0 radical (unpaired) electrons. The van der Waals surface area contributed by atoms with Crippen LogP contribution in [0.5, 0.6) is 0 Å². The van der Waals surface area contributed by atoms with E-state index in [1.807, 2.05) is 48.9 Å². The van der Waals surface area contributed by atoms with E-state index in [9.17, 15) is 0 Å². The van der Waals surface area contributed by atoms with Gasteiger partial charge in [-0.2, -0.15) is 0 Å². The van der Waals surface area contributed by atoms with Gasteiger partial charge in [0.25, 0.3) is 0 Å². The van der Waals surface area contributed by atoms with Crippen molar-refractivity contribution < 1.29 is 4.74 Å². The minimum atomic E-state index is -0.345. The molecule has 3 nitrogen and oxygen atoms in total. The van der Waals surface area contributed by atoms with Crippen molar-refractivity contribution in [2.45, 2.75) is 30.7 Å². The van der Waals surface area contributed by atoms with E-state index < -0.39 is 0 Å². The third-order valence-electron chi connectivity index (χ3n) is 2.81. The van der Waals surface area contributed by atoms with Crippen molar-refractivity contribution in [1.82, 2.24) is 9.55 Å². The Balaban J connectivity index is 2.24. The van der Waals surface area contributed by atoms with Gasteiger partial charge >= 0.3 is 0 Å². The maximum absolute atomic E-state index is 6.62. The van der Waals surface area contributed by atoms with Gasteiger partial charge < -0.3 is 9.30 Å². The van der Waals surface area contributed by atoms with Crippen LogP contribution in [0, 0.1) is 0 Å². The second-order valence-electron chi connectivity index (χ2n) is 4.89. The first-order chi connectivity index (χ1) is 10.5. The Morgan fingerprint density at radius 1 is 1.32 bits per heavy atom. The number of aromatic nitrogens is 2. The summed E-state index contributed by atoms with van der Waals surface area (Å²) in [5.41, 5.74) is 0.681. The Kier molecular flexibility index (Phi) is 6.56. The number of hydrogen-bond acceptors (Lipinski definition) is 4. The van der Waals surface area contributed by atoms with Gasteiger partial charge in [0.05, 0.1) is 17.7 Å². The van der Waals surface area contributed by atoms with Crippen molar-refractivity contribution in [3.63, 3.8) is 0 Å². The molecular weight excluding hydrogens is 359 g/mol. The molecule has 2 atom stereocenters. The predicted octanol–water partition coefficient (Wildman–Crippen LogP) is 5.46. The van der Waals surface area contributed by atoms with E-state index in [-0.39, 0.29) is 16.9 Å². The molecule has 1 heterocycles. The molecule has 7 heteroatoms. The minimum absolute atomic E-state index is 0.0351. The number of ether oxygens (including phenoxy) is 1. The first-order valence-corrected chi connectivity index (χ1v) is 8.82. The van der Waals surface area contributed by atoms with Gasteiger partial charge in [-0.1, -0.05) is 47.1 Å². The van der Waals surface area contributed by atoms with Crippen LogP contribution in [0.3, 0.4) is 0 Å². The Morgan fingerprint density at radius 3 is 2.55 bits per heavy atom. The number of imidazole rings is 1. The summed E-state index contributed by atoms with van der Waals surface area (Å²) in [4.78, 5) is 4.05. The van der Waals surface area contributed by atoms with Crippen molar-refractivity contribution in [3.8, 4) is 0 Å². The van der Waals surface area contributed by atoms with E-state index in [1.165, 1.54) is 11.8 Å². The molecule has 0 saturated heterocycles. The topological polar surface area (TPSA) is 27.1 Å². The van der Waals surface area contributed by atoms with Gasteiger partial charge in [-0.15, -0.1) is 0 Å². The Hall–Kier alpha value is -0.750. The van der Waals surface area contributed by atoms with E-state index in [0.29, 0.717) is 9.41 Å². The quantitative estimate of drug-likeness (QED) is 0.512. The van der Waals surface area contributed by atoms with Gasteiger partial charge in [-0.25, -0.2) is 4.98 Å². The normalized spacial score (nSPS) is 13.9. The van der Waals surface area contributed by atoms with Crippen molar-refractivity contribution in [2.24, 2.45) is 0 Å². The lowest BCUT2D eigenvalue weighted by Gasteiger charge is -2.24. The molecule has 0 aliphatic carbocycles. The monoisotopic (exact) mass is 374 g/mol. The van der Waals surface area contributed by atoms with Crippen LogP contribution < -0.4 is 0 Å². The summed E-state index contributed by atoms with van der Waals surface area (Å²) in [6.45, 7) is 3.89. The zero-order chi connectivity index (χ0) is 16.1. The number of nitrogens with zero attached hydrogens (tertiary/aromatic N) is 2. The molecule has 0 N–H and O–H groups in total. The molecule has 0 aliphatic rings. The number of rotatable bonds is 5. The van der Waals surface area contributed by atoms with E-state index >= 15 is 0 Å². The minimum Gasteiger partial charge on any atom is -0.476 e. The van der Waals surface area contributed by atoms with Crippen LogP contribution in [0.4, 0.5) is 0 Å². The van der Waals surface area contributed by atoms with E-state index in [1.54, 1.807) is 12.5 Å².